The first kappa shape index (κ1) is 70.9. The normalized spacial score (nSPS) is 17.6. The predicted molar refractivity (Wildman–Crippen MR) is 358 cm³/mol. The number of rotatable bonds is 5. The second-order valence-corrected chi connectivity index (χ2v) is 27.0. The van der Waals surface area contributed by atoms with Gasteiger partial charge < -0.3 is 44.0 Å². The Morgan fingerprint density at radius 3 is 1.42 bits per heavy atom. The summed E-state index contributed by atoms with van der Waals surface area (Å²) in [6, 6.07) is 17.5. The molecule has 20 nitrogen and oxygen atoms in total. The van der Waals surface area contributed by atoms with Crippen molar-refractivity contribution in [2.45, 2.75) is 176 Å². The highest BCUT2D eigenvalue weighted by Crippen LogP contribution is 2.34. The van der Waals surface area contributed by atoms with E-state index < -0.39 is 28.9 Å². The summed E-state index contributed by atoms with van der Waals surface area (Å²) in [6.45, 7) is 25.9. The monoisotopic (exact) mass is 1420 g/mol. The second kappa shape index (κ2) is 32.1. The van der Waals surface area contributed by atoms with Gasteiger partial charge in [-0.05, 0) is 158 Å². The van der Waals surface area contributed by atoms with E-state index in [2.05, 4.69) is 79.1 Å². The van der Waals surface area contributed by atoms with Crippen LogP contribution >= 0.6 is 58.2 Å². The Balaban J connectivity index is 0.000000167. The molecule has 2 saturated heterocycles. The predicted octanol–water partition coefficient (Wildman–Crippen LogP) is 15.3. The molecular weight excluding hydrogens is 1330 g/mol. The summed E-state index contributed by atoms with van der Waals surface area (Å²) in [7, 11) is 0. The van der Waals surface area contributed by atoms with Gasteiger partial charge in [-0.25, -0.2) is 28.0 Å². The summed E-state index contributed by atoms with van der Waals surface area (Å²) in [5.74, 6) is 0.419. The highest BCUT2D eigenvalue weighted by atomic mass is 127. The molecule has 3 aromatic heterocycles. The number of benzene rings is 3. The third-order valence-corrected chi connectivity index (χ3v) is 17.2. The number of amides is 5. The van der Waals surface area contributed by atoms with Gasteiger partial charge in [0.25, 0.3) is 0 Å². The number of ether oxygens (including phenoxy) is 3. The maximum absolute atomic E-state index is 13.3. The average Bonchev–Trinajstić information content (AvgIpc) is 1.69. The quantitative estimate of drug-likeness (QED) is 0.156. The molecule has 1 aliphatic carbocycles. The number of halogens is 6. The van der Waals surface area contributed by atoms with Crippen molar-refractivity contribution in [3.05, 3.63) is 128 Å². The molecule has 1 saturated carbocycles. The van der Waals surface area contributed by atoms with Crippen LogP contribution in [0.2, 0.25) is 10.0 Å². The van der Waals surface area contributed by atoms with Crippen LogP contribution in [0.4, 0.5) is 50.7 Å². The van der Waals surface area contributed by atoms with Crippen molar-refractivity contribution in [1.82, 2.24) is 44.0 Å². The molecule has 2 atom stereocenters. The minimum absolute atomic E-state index is 0. The standard InChI is InChI=1S/C18H21ClFN5O.C16H26N4O2.C13H9ClFNO2.C11H16IN3O2.C6H12.ClH/c1-12-3-2-6-24(12)16-10-21-25-8-7-23(11-17(16)25)18(26)22-13-4-5-15(20)14(19)9-13;1-12-6-5-7-19(12)13-10-17-20-9-8-18(11-14(13)20)15(21)22-16(2,3)4;14-11-8-9(6-7-12(11)15)16-13(17)18-10-4-2-1-3-5-10;1-11(2,3)17-10(16)14-4-5-15-9(7-14)8(12)6-13-15;1-6-4-2-3-5-6;/h4-5,9-10,12H,2-3,6-8,11H2,1H3,(H,22,26);10,12H,5-9,11H2,1-4H3;1-8H,(H,16,17);6H,4-5,7H2,1-3H3;6H,2-5H2,1H3;1H. The van der Waals surface area contributed by atoms with E-state index in [1.807, 2.05) is 80.2 Å². The zero-order valence-electron chi connectivity index (χ0n) is 52.8. The van der Waals surface area contributed by atoms with Gasteiger partial charge in [-0.1, -0.05) is 74.0 Å². The van der Waals surface area contributed by atoms with Gasteiger partial charge in [0.1, 0.15) is 28.6 Å². The zero-order chi connectivity index (χ0) is 64.2. The van der Waals surface area contributed by atoms with Crippen molar-refractivity contribution in [1.29, 1.82) is 0 Å². The summed E-state index contributed by atoms with van der Waals surface area (Å²) < 4.78 is 49.1. The Morgan fingerprint density at radius 2 is 0.989 bits per heavy atom. The number of hydrogen-bond donors (Lipinski definition) is 2. The lowest BCUT2D eigenvalue weighted by Gasteiger charge is -2.32. The Bertz CT molecular complexity index is 3370. The number of hydrogen-bond acceptors (Lipinski definition) is 12. The average molecular weight is 1420 g/mol. The Hall–Kier alpha value is -6.57. The second-order valence-electron chi connectivity index (χ2n) is 25.1. The zero-order valence-corrected chi connectivity index (χ0v) is 57.3. The molecule has 6 aromatic rings. The van der Waals surface area contributed by atoms with E-state index >= 15 is 0 Å². The number of aromatic nitrogens is 6. The molecular formula is C64H85Cl3F2IN13O7. The Morgan fingerprint density at radius 1 is 0.556 bits per heavy atom. The van der Waals surface area contributed by atoms with Crippen LogP contribution in [0.15, 0.2) is 85.3 Å². The third kappa shape index (κ3) is 20.0. The van der Waals surface area contributed by atoms with Crippen LogP contribution in [0.1, 0.15) is 131 Å². The minimum atomic E-state index is -0.663. The molecule has 0 bridgehead atoms. The number of para-hydroxylation sites is 1. The summed E-state index contributed by atoms with van der Waals surface area (Å²) in [5.41, 5.74) is 5.53. The van der Waals surface area contributed by atoms with Gasteiger partial charge in [-0.15, -0.1) is 12.4 Å². The topological polar surface area (TPSA) is 190 Å². The van der Waals surface area contributed by atoms with Crippen LogP contribution in [0.3, 0.4) is 0 Å². The van der Waals surface area contributed by atoms with Crippen LogP contribution in [-0.4, -0.2) is 124 Å². The van der Waals surface area contributed by atoms with Gasteiger partial charge in [0.15, 0.2) is 0 Å². The van der Waals surface area contributed by atoms with Crippen molar-refractivity contribution >= 4 is 105 Å². The fourth-order valence-corrected chi connectivity index (χ4v) is 12.0. The van der Waals surface area contributed by atoms with Crippen molar-refractivity contribution in [3.8, 4) is 5.75 Å². The number of fused-ring (bicyclic) bond motifs is 3. The fourth-order valence-electron chi connectivity index (χ4n) is 11.1. The van der Waals surface area contributed by atoms with Crippen molar-refractivity contribution in [2.24, 2.45) is 5.92 Å². The van der Waals surface area contributed by atoms with E-state index in [1.54, 1.807) is 39.0 Å². The molecule has 8 heterocycles. The highest BCUT2D eigenvalue weighted by molar-refractivity contribution is 14.1. The lowest BCUT2D eigenvalue weighted by Crippen LogP contribution is -2.42. The number of nitrogens with one attached hydrogen (secondary N) is 2. The third-order valence-electron chi connectivity index (χ3n) is 15.8. The van der Waals surface area contributed by atoms with Gasteiger partial charge in [-0.3, -0.25) is 19.4 Å². The van der Waals surface area contributed by atoms with Gasteiger partial charge >= 0.3 is 24.3 Å². The molecule has 0 spiro atoms. The number of urea groups is 1. The van der Waals surface area contributed by atoms with Crippen LogP contribution in [0, 0.1) is 21.1 Å². The van der Waals surface area contributed by atoms with Crippen LogP contribution in [0.5, 0.6) is 5.75 Å². The van der Waals surface area contributed by atoms with E-state index in [0.29, 0.717) is 75.0 Å². The molecule has 5 aliphatic heterocycles. The lowest BCUT2D eigenvalue weighted by molar-refractivity contribution is 0.0184. The van der Waals surface area contributed by atoms with E-state index in [4.69, 9.17) is 37.4 Å². The lowest BCUT2D eigenvalue weighted by atomic mass is 10.2. The van der Waals surface area contributed by atoms with Gasteiger partial charge in [0.05, 0.1) is 99.9 Å². The van der Waals surface area contributed by atoms with Gasteiger partial charge in [0, 0.05) is 56.2 Å². The summed E-state index contributed by atoms with van der Waals surface area (Å²) in [4.78, 5) is 58.4. The van der Waals surface area contributed by atoms with Crippen molar-refractivity contribution in [2.75, 3.05) is 53.2 Å². The molecule has 2 N–H and O–H groups in total. The molecule has 3 aromatic carbocycles. The summed E-state index contributed by atoms with van der Waals surface area (Å²) in [5, 5.41) is 18.4. The number of nitrogens with zero attached hydrogens (tertiary/aromatic N) is 11. The number of carbonyl (C=O) groups excluding carboxylic acids is 4. The van der Waals surface area contributed by atoms with Crippen molar-refractivity contribution < 1.29 is 42.2 Å². The molecule has 90 heavy (non-hydrogen) atoms. The first-order valence-electron chi connectivity index (χ1n) is 30.6. The SMILES string of the molecule is CC(C)(C)OC(=O)N1CCn2ncc(I)c2C1.CC1CCCC1.CC1CCCN1c1cnn2c1CN(C(=O)Nc1ccc(F)c(Cl)c1)CC2.CC1CCCN1c1cnn2c1CN(C(=O)OC(C)(C)C)CC2.Cl.O=C(Nc1ccc(F)c(Cl)c1)Oc1ccccc1. The van der Waals surface area contributed by atoms with E-state index in [0.717, 1.165) is 58.4 Å². The minimum Gasteiger partial charge on any atom is -0.444 e. The smallest absolute Gasteiger partial charge is 0.417 e. The van der Waals surface area contributed by atoms with Crippen LogP contribution in [0.25, 0.3) is 0 Å². The molecule has 0 radical (unpaired) electrons. The van der Waals surface area contributed by atoms with E-state index in [9.17, 15) is 28.0 Å². The Kier molecular flexibility index (Phi) is 25.3. The molecule has 5 amide bonds. The highest BCUT2D eigenvalue weighted by Gasteiger charge is 2.33. The van der Waals surface area contributed by atoms with Gasteiger partial charge in [-0.2, -0.15) is 15.3 Å². The largest absolute Gasteiger partial charge is 0.444 e. The number of anilines is 4. The fraction of sp³-hybridized carbons (Fsp3) is 0.516. The van der Waals surface area contributed by atoms with Gasteiger partial charge in [0.2, 0.25) is 0 Å². The Labute approximate surface area is 556 Å². The molecule has 3 fully saturated rings. The first-order valence-corrected chi connectivity index (χ1v) is 32.4. The summed E-state index contributed by atoms with van der Waals surface area (Å²) in [6.07, 6.45) is 15.3. The maximum atomic E-state index is 13.3. The van der Waals surface area contributed by atoms with Crippen molar-refractivity contribution in [3.63, 3.8) is 0 Å². The molecule has 12 rings (SSSR count). The molecule has 6 aliphatic rings. The maximum Gasteiger partial charge on any atom is 0.417 e. The molecule has 490 valence electrons. The van der Waals surface area contributed by atoms with Crippen LogP contribution < -0.4 is 25.2 Å². The van der Waals surface area contributed by atoms with Crippen LogP contribution in [-0.2, 0) is 48.7 Å². The molecule has 26 heteroatoms. The van der Waals surface area contributed by atoms with E-state index in [1.165, 1.54) is 93.5 Å². The number of carbonyl (C=O) groups is 4. The first-order chi connectivity index (χ1) is 42.3. The summed E-state index contributed by atoms with van der Waals surface area (Å²) >= 11 is 13.6. The molecule has 2 unspecified atom stereocenters. The van der Waals surface area contributed by atoms with E-state index in [-0.39, 0.29) is 40.7 Å².